The molecular weight excluding hydrogens is 488 g/mol. The number of phenols is 3. The molecule has 37 heavy (non-hydrogen) atoms. The predicted molar refractivity (Wildman–Crippen MR) is 128 cm³/mol. The number of benzene rings is 3. The van der Waals surface area contributed by atoms with E-state index in [1.165, 1.54) is 64.8 Å². The predicted octanol–water partition coefficient (Wildman–Crippen LogP) is 2.97. The quantitative estimate of drug-likeness (QED) is 0.208. The van der Waals surface area contributed by atoms with Crippen LogP contribution in [0.25, 0.3) is 0 Å². The molecule has 0 saturated carbocycles. The van der Waals surface area contributed by atoms with Crippen LogP contribution in [0.1, 0.15) is 41.4 Å². The van der Waals surface area contributed by atoms with E-state index in [0.717, 1.165) is 0 Å². The van der Waals surface area contributed by atoms with Gasteiger partial charge >= 0.3 is 0 Å². The van der Waals surface area contributed by atoms with Gasteiger partial charge in [-0.15, -0.1) is 0 Å². The third kappa shape index (κ3) is 5.15. The maximum atomic E-state index is 13.0. The summed E-state index contributed by atoms with van der Waals surface area (Å²) in [6.07, 6.45) is 0. The molecule has 0 saturated heterocycles. The highest BCUT2D eigenvalue weighted by atomic mass is 16.5. The van der Waals surface area contributed by atoms with Crippen molar-refractivity contribution in [3.8, 4) is 40.2 Å². The van der Waals surface area contributed by atoms with E-state index in [4.69, 9.17) is 18.9 Å². The van der Waals surface area contributed by atoms with Gasteiger partial charge < -0.3 is 34.3 Å². The Kier molecular flexibility index (Phi) is 7.67. The zero-order valence-corrected chi connectivity index (χ0v) is 20.1. The molecule has 3 N–H and O–H groups in total. The molecule has 11 nitrogen and oxygen atoms in total. The number of carbonyl (C=O) groups excluding carboxylic acids is 4. The zero-order chi connectivity index (χ0) is 27.4. The smallest absolute Gasteiger partial charge is 0.237 e. The topological polar surface area (TPSA) is 166 Å². The summed E-state index contributed by atoms with van der Waals surface area (Å²) in [7, 11) is 5.34. The normalized spacial score (nSPS) is 10.4. The number of Topliss-reactive ketones (excluding diaryl/α,β-unsaturated/α-hetero) is 4. The Balaban J connectivity index is 2.07. The molecule has 0 aromatic heterocycles. The molecular formula is C26H22O11. The van der Waals surface area contributed by atoms with Crippen molar-refractivity contribution >= 4 is 23.1 Å². The summed E-state index contributed by atoms with van der Waals surface area (Å²) in [6.45, 7) is 0. The van der Waals surface area contributed by atoms with Gasteiger partial charge in [0, 0.05) is 23.3 Å². The maximum absolute atomic E-state index is 13.0. The molecule has 0 heterocycles. The minimum Gasteiger partial charge on any atom is -0.504 e. The molecule has 0 aliphatic heterocycles. The molecule has 0 radical (unpaired) electrons. The summed E-state index contributed by atoms with van der Waals surface area (Å²) in [5, 5.41) is 30.8. The lowest BCUT2D eigenvalue weighted by molar-refractivity contribution is 0.0809. The van der Waals surface area contributed by atoms with Crippen LogP contribution < -0.4 is 18.9 Å². The monoisotopic (exact) mass is 510 g/mol. The van der Waals surface area contributed by atoms with E-state index in [0.29, 0.717) is 6.07 Å². The molecule has 0 bridgehead atoms. The first-order valence-corrected chi connectivity index (χ1v) is 10.5. The number of phenolic OH excluding ortho intramolecular Hbond substituents is 3. The van der Waals surface area contributed by atoms with Crippen molar-refractivity contribution in [2.75, 3.05) is 28.4 Å². The second kappa shape index (κ2) is 10.7. The Morgan fingerprint density at radius 3 is 1.03 bits per heavy atom. The van der Waals surface area contributed by atoms with E-state index in [-0.39, 0.29) is 34.1 Å². The van der Waals surface area contributed by atoms with Crippen LogP contribution in [0.2, 0.25) is 0 Å². The number of methoxy groups -OCH3 is 4. The van der Waals surface area contributed by atoms with E-state index in [9.17, 15) is 34.5 Å². The fourth-order valence-corrected chi connectivity index (χ4v) is 3.38. The van der Waals surface area contributed by atoms with Gasteiger partial charge in [0.2, 0.25) is 28.9 Å². The molecule has 0 unspecified atom stereocenters. The van der Waals surface area contributed by atoms with Gasteiger partial charge in [0.05, 0.1) is 39.6 Å². The molecule has 0 spiro atoms. The summed E-state index contributed by atoms with van der Waals surface area (Å²) in [5.74, 6) is -7.77. The third-order valence-electron chi connectivity index (χ3n) is 5.38. The van der Waals surface area contributed by atoms with Crippen LogP contribution in [0.3, 0.4) is 0 Å². The average molecular weight is 510 g/mol. The molecule has 3 rings (SSSR count). The van der Waals surface area contributed by atoms with E-state index < -0.39 is 51.5 Å². The van der Waals surface area contributed by atoms with Gasteiger partial charge in [-0.25, -0.2) is 0 Å². The fraction of sp³-hybridized carbons (Fsp3) is 0.154. The Bertz CT molecular complexity index is 1270. The molecule has 192 valence electrons. The molecule has 0 aliphatic rings. The molecule has 0 amide bonds. The highest BCUT2D eigenvalue weighted by Crippen LogP contribution is 2.41. The van der Waals surface area contributed by atoms with Crippen LogP contribution >= 0.6 is 0 Å². The number of hydrogen-bond donors (Lipinski definition) is 3. The van der Waals surface area contributed by atoms with Crippen LogP contribution in [0, 0.1) is 0 Å². The number of aromatic hydroxyl groups is 3. The number of carbonyl (C=O) groups is 4. The molecule has 0 fully saturated rings. The molecule has 3 aromatic rings. The van der Waals surface area contributed by atoms with Gasteiger partial charge in [0.25, 0.3) is 0 Å². The van der Waals surface area contributed by atoms with E-state index in [1.807, 2.05) is 0 Å². The molecule has 3 aromatic carbocycles. The van der Waals surface area contributed by atoms with E-state index >= 15 is 0 Å². The standard InChI is InChI=1S/C26H22O11/c1-34-14-5-12(6-15(9-14)35-2)20(27)22(29)18-11-19(25(32)26(33)24(18)31)23(30)21(28)13-7-16(36-3)10-17(8-13)37-4/h5-11,31-33H,1-4H3. The average Bonchev–Trinajstić information content (AvgIpc) is 2.93. The minimum absolute atomic E-state index is 0.180. The Morgan fingerprint density at radius 2 is 0.757 bits per heavy atom. The Labute approximate surface area is 210 Å². The maximum Gasteiger partial charge on any atom is 0.237 e. The fourth-order valence-electron chi connectivity index (χ4n) is 3.38. The van der Waals surface area contributed by atoms with Crippen LogP contribution in [-0.2, 0) is 0 Å². The largest absolute Gasteiger partial charge is 0.504 e. The lowest BCUT2D eigenvalue weighted by Crippen LogP contribution is -2.18. The van der Waals surface area contributed by atoms with Gasteiger partial charge in [0.15, 0.2) is 11.5 Å². The van der Waals surface area contributed by atoms with Gasteiger partial charge in [-0.3, -0.25) is 19.2 Å². The second-order valence-electron chi connectivity index (χ2n) is 7.54. The summed E-state index contributed by atoms with van der Waals surface area (Å²) in [4.78, 5) is 51.8. The van der Waals surface area contributed by atoms with Crippen molar-refractivity contribution in [3.63, 3.8) is 0 Å². The highest BCUT2D eigenvalue weighted by molar-refractivity contribution is 6.52. The summed E-state index contributed by atoms with van der Waals surface area (Å²) in [5.41, 5.74) is -2.00. The van der Waals surface area contributed by atoms with Crippen LogP contribution in [0.5, 0.6) is 40.2 Å². The van der Waals surface area contributed by atoms with Crippen molar-refractivity contribution in [3.05, 3.63) is 64.7 Å². The zero-order valence-electron chi connectivity index (χ0n) is 20.1. The molecule has 0 atom stereocenters. The van der Waals surface area contributed by atoms with Crippen LogP contribution in [0.15, 0.2) is 42.5 Å². The Morgan fingerprint density at radius 1 is 0.459 bits per heavy atom. The van der Waals surface area contributed by atoms with Gasteiger partial charge in [-0.2, -0.15) is 0 Å². The highest BCUT2D eigenvalue weighted by Gasteiger charge is 2.31. The second-order valence-corrected chi connectivity index (χ2v) is 7.54. The summed E-state index contributed by atoms with van der Waals surface area (Å²) >= 11 is 0. The number of rotatable bonds is 10. The Hall–Kier alpha value is -5.06. The lowest BCUT2D eigenvalue weighted by Gasteiger charge is -2.12. The van der Waals surface area contributed by atoms with E-state index in [2.05, 4.69) is 0 Å². The van der Waals surface area contributed by atoms with E-state index in [1.54, 1.807) is 0 Å². The van der Waals surface area contributed by atoms with Gasteiger partial charge in [-0.05, 0) is 30.3 Å². The van der Waals surface area contributed by atoms with Crippen molar-refractivity contribution in [1.29, 1.82) is 0 Å². The summed E-state index contributed by atoms with van der Waals surface area (Å²) in [6, 6.07) is 8.54. The first-order chi connectivity index (χ1) is 17.6. The van der Waals surface area contributed by atoms with Crippen molar-refractivity contribution in [1.82, 2.24) is 0 Å². The summed E-state index contributed by atoms with van der Waals surface area (Å²) < 4.78 is 20.3. The molecule has 0 aliphatic carbocycles. The first-order valence-electron chi connectivity index (χ1n) is 10.5. The van der Waals surface area contributed by atoms with Gasteiger partial charge in [0.1, 0.15) is 23.0 Å². The number of hydrogen-bond acceptors (Lipinski definition) is 11. The van der Waals surface area contributed by atoms with Gasteiger partial charge in [-0.1, -0.05) is 0 Å². The van der Waals surface area contributed by atoms with Crippen LogP contribution in [0.4, 0.5) is 0 Å². The van der Waals surface area contributed by atoms with Crippen molar-refractivity contribution in [2.24, 2.45) is 0 Å². The number of ether oxygens (including phenoxy) is 4. The molecule has 11 heteroatoms. The first kappa shape index (κ1) is 26.5. The third-order valence-corrected chi connectivity index (χ3v) is 5.38. The van der Waals surface area contributed by atoms with Crippen molar-refractivity contribution < 1.29 is 53.4 Å². The van der Waals surface area contributed by atoms with Crippen LogP contribution in [-0.4, -0.2) is 66.9 Å². The number of ketones is 4. The SMILES string of the molecule is COc1cc(OC)cc(C(=O)C(=O)c2cc(C(=O)C(=O)c3cc(OC)cc(OC)c3)c(O)c(O)c2O)c1. The lowest BCUT2D eigenvalue weighted by atomic mass is 9.94. The minimum atomic E-state index is -1.34. The van der Waals surface area contributed by atoms with Crippen molar-refractivity contribution in [2.45, 2.75) is 0 Å².